The SMILES string of the molecule is Cc1[nH]nc(NC(=O)C2(C)CCCC2)c1C. The maximum absolute atomic E-state index is 12.1. The summed E-state index contributed by atoms with van der Waals surface area (Å²) >= 11 is 0. The van der Waals surface area contributed by atoms with E-state index < -0.39 is 0 Å². The average Bonchev–Trinajstić information content (AvgIpc) is 2.81. The van der Waals surface area contributed by atoms with Crippen LogP contribution in [0, 0.1) is 19.3 Å². The van der Waals surface area contributed by atoms with E-state index in [0.717, 1.165) is 36.9 Å². The van der Waals surface area contributed by atoms with Crippen LogP contribution in [-0.4, -0.2) is 16.1 Å². The summed E-state index contributed by atoms with van der Waals surface area (Å²) in [4.78, 5) is 12.1. The lowest BCUT2D eigenvalue weighted by atomic mass is 9.88. The third-order valence-electron chi connectivity index (χ3n) is 3.74. The van der Waals surface area contributed by atoms with E-state index in [1.54, 1.807) is 0 Å². The van der Waals surface area contributed by atoms with Crippen molar-refractivity contribution in [2.75, 3.05) is 5.32 Å². The Morgan fingerprint density at radius 2 is 2.00 bits per heavy atom. The first-order valence-electron chi connectivity index (χ1n) is 5.86. The molecule has 0 bridgehead atoms. The van der Waals surface area contributed by atoms with Gasteiger partial charge in [-0.2, -0.15) is 5.10 Å². The van der Waals surface area contributed by atoms with E-state index in [2.05, 4.69) is 15.5 Å². The smallest absolute Gasteiger partial charge is 0.231 e. The predicted molar refractivity (Wildman–Crippen MR) is 63.3 cm³/mol. The molecule has 0 aromatic carbocycles. The first-order valence-corrected chi connectivity index (χ1v) is 5.86. The molecule has 1 aliphatic rings. The number of hydrogen-bond donors (Lipinski definition) is 2. The molecule has 4 heteroatoms. The van der Waals surface area contributed by atoms with Crippen molar-refractivity contribution in [3.05, 3.63) is 11.3 Å². The second-order valence-electron chi connectivity index (χ2n) is 5.04. The van der Waals surface area contributed by atoms with Crippen LogP contribution in [0.2, 0.25) is 0 Å². The van der Waals surface area contributed by atoms with Gasteiger partial charge in [0.15, 0.2) is 5.82 Å². The molecule has 0 atom stereocenters. The number of anilines is 1. The summed E-state index contributed by atoms with van der Waals surface area (Å²) in [6.45, 7) is 5.96. The average molecular weight is 221 g/mol. The van der Waals surface area contributed by atoms with Crippen molar-refractivity contribution in [2.45, 2.75) is 46.5 Å². The Kier molecular flexibility index (Phi) is 2.74. The molecule has 16 heavy (non-hydrogen) atoms. The normalized spacial score (nSPS) is 18.7. The number of nitrogens with zero attached hydrogens (tertiary/aromatic N) is 1. The zero-order chi connectivity index (χ0) is 11.8. The van der Waals surface area contributed by atoms with Crippen LogP contribution >= 0.6 is 0 Å². The van der Waals surface area contributed by atoms with Crippen molar-refractivity contribution in [1.29, 1.82) is 0 Å². The van der Waals surface area contributed by atoms with Gasteiger partial charge in [-0.05, 0) is 26.7 Å². The number of aromatic nitrogens is 2. The molecule has 1 fully saturated rings. The van der Waals surface area contributed by atoms with Crippen LogP contribution in [0.1, 0.15) is 43.9 Å². The first kappa shape index (κ1) is 11.2. The van der Waals surface area contributed by atoms with Gasteiger partial charge in [-0.25, -0.2) is 0 Å². The van der Waals surface area contributed by atoms with Gasteiger partial charge < -0.3 is 5.32 Å². The maximum Gasteiger partial charge on any atom is 0.231 e. The van der Waals surface area contributed by atoms with Crippen LogP contribution in [0.5, 0.6) is 0 Å². The summed E-state index contributed by atoms with van der Waals surface area (Å²) < 4.78 is 0. The molecule has 2 rings (SSSR count). The van der Waals surface area contributed by atoms with Crippen molar-refractivity contribution in [2.24, 2.45) is 5.41 Å². The largest absolute Gasteiger partial charge is 0.309 e. The lowest BCUT2D eigenvalue weighted by Gasteiger charge is -2.21. The van der Waals surface area contributed by atoms with Gasteiger partial charge in [0.05, 0.1) is 0 Å². The summed E-state index contributed by atoms with van der Waals surface area (Å²) in [5.74, 6) is 0.787. The number of amides is 1. The van der Waals surface area contributed by atoms with Crippen molar-refractivity contribution < 1.29 is 4.79 Å². The molecule has 0 spiro atoms. The Hall–Kier alpha value is -1.32. The molecular formula is C12H19N3O. The molecule has 1 aliphatic carbocycles. The summed E-state index contributed by atoms with van der Waals surface area (Å²) in [5.41, 5.74) is 1.83. The van der Waals surface area contributed by atoms with E-state index in [-0.39, 0.29) is 11.3 Å². The van der Waals surface area contributed by atoms with E-state index in [4.69, 9.17) is 0 Å². The molecule has 1 aromatic heterocycles. The molecule has 2 N–H and O–H groups in total. The predicted octanol–water partition coefficient (Wildman–Crippen LogP) is 2.55. The van der Waals surface area contributed by atoms with E-state index in [0.29, 0.717) is 5.82 Å². The maximum atomic E-state index is 12.1. The molecule has 4 nitrogen and oxygen atoms in total. The lowest BCUT2D eigenvalue weighted by molar-refractivity contribution is -0.124. The second kappa shape index (κ2) is 3.92. The highest BCUT2D eigenvalue weighted by atomic mass is 16.2. The Morgan fingerprint density at radius 3 is 2.50 bits per heavy atom. The van der Waals surface area contributed by atoms with Gasteiger partial charge in [0.2, 0.25) is 5.91 Å². The summed E-state index contributed by atoms with van der Waals surface area (Å²) in [6.07, 6.45) is 4.29. The summed E-state index contributed by atoms with van der Waals surface area (Å²) in [6, 6.07) is 0. The second-order valence-corrected chi connectivity index (χ2v) is 5.04. The van der Waals surface area contributed by atoms with Gasteiger partial charge in [0.25, 0.3) is 0 Å². The number of H-pyrrole nitrogens is 1. The zero-order valence-electron chi connectivity index (χ0n) is 10.2. The number of hydrogen-bond acceptors (Lipinski definition) is 2. The van der Waals surface area contributed by atoms with Gasteiger partial charge in [-0.3, -0.25) is 9.89 Å². The van der Waals surface area contributed by atoms with Crippen molar-refractivity contribution in [3.8, 4) is 0 Å². The Balaban J connectivity index is 2.10. The number of aromatic amines is 1. The van der Waals surface area contributed by atoms with Gasteiger partial charge in [0, 0.05) is 16.7 Å². The number of aryl methyl sites for hydroxylation is 1. The Bertz CT molecular complexity index is 402. The van der Waals surface area contributed by atoms with Crippen LogP contribution in [-0.2, 0) is 4.79 Å². The molecular weight excluding hydrogens is 202 g/mol. The minimum absolute atomic E-state index is 0.111. The molecule has 1 amide bonds. The van der Waals surface area contributed by atoms with Gasteiger partial charge in [-0.1, -0.05) is 19.8 Å². The standard InChI is InChI=1S/C12H19N3O/c1-8-9(2)14-15-10(8)13-11(16)12(3)6-4-5-7-12/h4-7H2,1-3H3,(H2,13,14,15,16). The monoisotopic (exact) mass is 221 g/mol. The van der Waals surface area contributed by atoms with Gasteiger partial charge in [-0.15, -0.1) is 0 Å². The van der Waals surface area contributed by atoms with Crippen LogP contribution in [0.3, 0.4) is 0 Å². The van der Waals surface area contributed by atoms with Gasteiger partial charge >= 0.3 is 0 Å². The van der Waals surface area contributed by atoms with Crippen molar-refractivity contribution >= 4 is 11.7 Å². The fourth-order valence-electron chi connectivity index (χ4n) is 2.25. The first-order chi connectivity index (χ1) is 7.53. The Morgan fingerprint density at radius 1 is 1.38 bits per heavy atom. The van der Waals surface area contributed by atoms with Crippen LogP contribution in [0.4, 0.5) is 5.82 Å². The zero-order valence-corrected chi connectivity index (χ0v) is 10.2. The van der Waals surface area contributed by atoms with Crippen LogP contribution < -0.4 is 5.32 Å². The molecule has 0 aliphatic heterocycles. The van der Waals surface area contributed by atoms with E-state index in [1.165, 1.54) is 0 Å². The third kappa shape index (κ3) is 1.84. The summed E-state index contributed by atoms with van der Waals surface area (Å²) in [7, 11) is 0. The Labute approximate surface area is 95.8 Å². The number of rotatable bonds is 2. The quantitative estimate of drug-likeness (QED) is 0.806. The number of nitrogens with one attached hydrogen (secondary N) is 2. The van der Waals surface area contributed by atoms with Crippen LogP contribution in [0.15, 0.2) is 0 Å². The lowest BCUT2D eigenvalue weighted by Crippen LogP contribution is -2.31. The molecule has 0 unspecified atom stereocenters. The molecule has 0 radical (unpaired) electrons. The molecule has 88 valence electrons. The highest BCUT2D eigenvalue weighted by Crippen LogP contribution is 2.38. The highest BCUT2D eigenvalue weighted by molar-refractivity contribution is 5.95. The number of carbonyl (C=O) groups is 1. The minimum Gasteiger partial charge on any atom is -0.309 e. The van der Waals surface area contributed by atoms with E-state index in [1.807, 2.05) is 20.8 Å². The minimum atomic E-state index is -0.195. The topological polar surface area (TPSA) is 57.8 Å². The third-order valence-corrected chi connectivity index (χ3v) is 3.74. The van der Waals surface area contributed by atoms with E-state index >= 15 is 0 Å². The summed E-state index contributed by atoms with van der Waals surface area (Å²) in [5, 5.41) is 9.91. The fraction of sp³-hybridized carbons (Fsp3) is 0.667. The van der Waals surface area contributed by atoms with Gasteiger partial charge in [0.1, 0.15) is 0 Å². The van der Waals surface area contributed by atoms with Crippen LogP contribution in [0.25, 0.3) is 0 Å². The molecule has 1 heterocycles. The fourth-order valence-corrected chi connectivity index (χ4v) is 2.25. The van der Waals surface area contributed by atoms with Crippen molar-refractivity contribution in [3.63, 3.8) is 0 Å². The van der Waals surface area contributed by atoms with Crippen molar-refractivity contribution in [1.82, 2.24) is 10.2 Å². The highest BCUT2D eigenvalue weighted by Gasteiger charge is 2.36. The molecule has 0 saturated heterocycles. The molecule has 1 aromatic rings. The number of carbonyl (C=O) groups excluding carboxylic acids is 1. The van der Waals surface area contributed by atoms with E-state index in [9.17, 15) is 4.79 Å². The molecule has 1 saturated carbocycles.